The van der Waals surface area contributed by atoms with E-state index in [1.807, 2.05) is 13.8 Å². The molecular weight excluding hydrogens is 267 g/mol. The summed E-state index contributed by atoms with van der Waals surface area (Å²) in [6.45, 7) is 5.97. The van der Waals surface area contributed by atoms with Gasteiger partial charge in [-0.05, 0) is 37.0 Å². The van der Waals surface area contributed by atoms with Crippen LogP contribution in [0, 0.1) is 5.92 Å². The lowest BCUT2D eigenvalue weighted by Crippen LogP contribution is -2.19. The van der Waals surface area contributed by atoms with Crippen molar-refractivity contribution in [3.63, 3.8) is 0 Å². The maximum absolute atomic E-state index is 13.1. The summed E-state index contributed by atoms with van der Waals surface area (Å²) >= 11 is 0. The summed E-state index contributed by atoms with van der Waals surface area (Å²) in [4.78, 5) is 0. The minimum atomic E-state index is -4.42. The van der Waals surface area contributed by atoms with Gasteiger partial charge in [0.05, 0.1) is 12.2 Å². The molecule has 0 saturated carbocycles. The van der Waals surface area contributed by atoms with Crippen molar-refractivity contribution >= 4 is 0 Å². The van der Waals surface area contributed by atoms with Gasteiger partial charge in [0.1, 0.15) is 5.75 Å². The molecule has 2 unspecified atom stereocenters. The topological polar surface area (TPSA) is 35.2 Å². The molecule has 0 heterocycles. The second-order valence-electron chi connectivity index (χ2n) is 5.33. The third-order valence-electron chi connectivity index (χ3n) is 3.13. The van der Waals surface area contributed by atoms with Gasteiger partial charge in [-0.1, -0.05) is 26.3 Å². The van der Waals surface area contributed by atoms with Crippen LogP contribution in [0.2, 0.25) is 0 Å². The molecule has 2 nitrogen and oxygen atoms in total. The van der Waals surface area contributed by atoms with Crippen molar-refractivity contribution in [3.05, 3.63) is 29.3 Å². The molecule has 114 valence electrons. The molecule has 0 aromatic heterocycles. The monoisotopic (exact) mass is 289 g/mol. The summed E-state index contributed by atoms with van der Waals surface area (Å²) in [6.07, 6.45) is -3.14. The number of halogens is 3. The molecule has 0 spiro atoms. The lowest BCUT2D eigenvalue weighted by atomic mass is 10.0. The second kappa shape index (κ2) is 6.97. The van der Waals surface area contributed by atoms with E-state index in [4.69, 9.17) is 10.5 Å². The Bertz CT molecular complexity index is 430. The number of alkyl halides is 3. The van der Waals surface area contributed by atoms with Crippen LogP contribution in [0.5, 0.6) is 5.75 Å². The first-order chi connectivity index (χ1) is 9.24. The van der Waals surface area contributed by atoms with Crippen LogP contribution in [-0.4, -0.2) is 12.6 Å². The lowest BCUT2D eigenvalue weighted by Gasteiger charge is -2.17. The van der Waals surface area contributed by atoms with Gasteiger partial charge in [-0.15, -0.1) is 0 Å². The van der Waals surface area contributed by atoms with Crippen molar-refractivity contribution in [1.82, 2.24) is 0 Å². The smallest absolute Gasteiger partial charge is 0.419 e. The quantitative estimate of drug-likeness (QED) is 0.858. The molecule has 0 aliphatic heterocycles. The van der Waals surface area contributed by atoms with Crippen LogP contribution in [0.25, 0.3) is 0 Å². The summed E-state index contributed by atoms with van der Waals surface area (Å²) in [7, 11) is 0. The summed E-state index contributed by atoms with van der Waals surface area (Å²) in [5, 5.41) is 0. The number of hydrogen-bond donors (Lipinski definition) is 1. The van der Waals surface area contributed by atoms with Gasteiger partial charge in [0.2, 0.25) is 0 Å². The number of nitrogens with two attached hydrogens (primary N) is 1. The molecular formula is C15H22F3NO. The van der Waals surface area contributed by atoms with E-state index in [0.29, 0.717) is 12.0 Å². The van der Waals surface area contributed by atoms with Crippen LogP contribution >= 0.6 is 0 Å². The average molecular weight is 289 g/mol. The van der Waals surface area contributed by atoms with Crippen LogP contribution < -0.4 is 10.5 Å². The minimum Gasteiger partial charge on any atom is -0.493 e. The van der Waals surface area contributed by atoms with Crippen molar-refractivity contribution in [2.24, 2.45) is 11.7 Å². The molecule has 1 rings (SSSR count). The highest BCUT2D eigenvalue weighted by Crippen LogP contribution is 2.37. The molecule has 20 heavy (non-hydrogen) atoms. The molecule has 0 fully saturated rings. The zero-order valence-electron chi connectivity index (χ0n) is 12.1. The van der Waals surface area contributed by atoms with E-state index in [0.717, 1.165) is 12.5 Å². The molecule has 0 aliphatic rings. The largest absolute Gasteiger partial charge is 0.493 e. The number of benzene rings is 1. The first-order valence-corrected chi connectivity index (χ1v) is 6.82. The fourth-order valence-electron chi connectivity index (χ4n) is 1.77. The number of hydrogen-bond acceptors (Lipinski definition) is 2. The first-order valence-electron chi connectivity index (χ1n) is 6.82. The van der Waals surface area contributed by atoms with E-state index in [1.54, 1.807) is 13.0 Å². The molecule has 0 radical (unpaired) electrons. The van der Waals surface area contributed by atoms with Gasteiger partial charge >= 0.3 is 6.18 Å². The Hall–Kier alpha value is -1.23. The molecule has 5 heteroatoms. The van der Waals surface area contributed by atoms with E-state index in [1.165, 1.54) is 6.07 Å². The highest BCUT2D eigenvalue weighted by molar-refractivity contribution is 5.39. The fraction of sp³-hybridized carbons (Fsp3) is 0.600. The SMILES string of the molecule is CCC(C)COc1ccc(CC(C)N)cc1C(F)(F)F. The van der Waals surface area contributed by atoms with Crippen molar-refractivity contribution in [3.8, 4) is 5.75 Å². The van der Waals surface area contributed by atoms with E-state index >= 15 is 0 Å². The van der Waals surface area contributed by atoms with Crippen LogP contribution in [0.4, 0.5) is 13.2 Å². The zero-order chi connectivity index (χ0) is 15.3. The first kappa shape index (κ1) is 16.8. The molecule has 0 amide bonds. The Kier molecular flexibility index (Phi) is 5.87. The third kappa shape index (κ3) is 5.04. The van der Waals surface area contributed by atoms with Crippen LogP contribution in [0.1, 0.15) is 38.3 Å². The third-order valence-corrected chi connectivity index (χ3v) is 3.13. The molecule has 2 N–H and O–H groups in total. The second-order valence-corrected chi connectivity index (χ2v) is 5.33. The van der Waals surface area contributed by atoms with Crippen molar-refractivity contribution in [1.29, 1.82) is 0 Å². The summed E-state index contributed by atoms with van der Waals surface area (Å²) in [6, 6.07) is 3.99. The van der Waals surface area contributed by atoms with Crippen molar-refractivity contribution < 1.29 is 17.9 Å². The highest BCUT2D eigenvalue weighted by atomic mass is 19.4. The van der Waals surface area contributed by atoms with E-state index in [2.05, 4.69) is 0 Å². The Balaban J connectivity index is 2.98. The molecule has 0 saturated heterocycles. The molecule has 0 bridgehead atoms. The standard InChI is InChI=1S/C15H22F3NO/c1-4-10(2)9-20-14-6-5-12(7-11(3)19)8-13(14)15(16,17)18/h5-6,8,10-11H,4,7,9,19H2,1-3H3. The maximum Gasteiger partial charge on any atom is 0.419 e. The maximum atomic E-state index is 13.1. The Morgan fingerprint density at radius 3 is 2.40 bits per heavy atom. The number of ether oxygens (including phenoxy) is 1. The number of rotatable bonds is 6. The van der Waals surface area contributed by atoms with E-state index in [9.17, 15) is 13.2 Å². The lowest BCUT2D eigenvalue weighted by molar-refractivity contribution is -0.139. The average Bonchev–Trinajstić information content (AvgIpc) is 2.34. The summed E-state index contributed by atoms with van der Waals surface area (Å²) < 4.78 is 44.5. The zero-order valence-corrected chi connectivity index (χ0v) is 12.1. The summed E-state index contributed by atoms with van der Waals surface area (Å²) in [5.74, 6) is 0.117. The fourth-order valence-corrected chi connectivity index (χ4v) is 1.77. The Morgan fingerprint density at radius 2 is 1.90 bits per heavy atom. The predicted molar refractivity (Wildman–Crippen MR) is 73.7 cm³/mol. The van der Waals surface area contributed by atoms with Gasteiger partial charge in [0, 0.05) is 6.04 Å². The van der Waals surface area contributed by atoms with Gasteiger partial charge in [0.25, 0.3) is 0 Å². The van der Waals surface area contributed by atoms with E-state index < -0.39 is 11.7 Å². The minimum absolute atomic E-state index is 0.105. The van der Waals surface area contributed by atoms with Gasteiger partial charge in [-0.2, -0.15) is 13.2 Å². The van der Waals surface area contributed by atoms with E-state index in [-0.39, 0.29) is 24.3 Å². The van der Waals surface area contributed by atoms with Crippen molar-refractivity contribution in [2.75, 3.05) is 6.61 Å². The Morgan fingerprint density at radius 1 is 1.25 bits per heavy atom. The highest BCUT2D eigenvalue weighted by Gasteiger charge is 2.34. The summed E-state index contributed by atoms with van der Waals surface area (Å²) in [5.41, 5.74) is 5.47. The van der Waals surface area contributed by atoms with Crippen LogP contribution in [0.15, 0.2) is 18.2 Å². The molecule has 1 aromatic carbocycles. The molecule has 2 atom stereocenters. The molecule has 1 aromatic rings. The van der Waals surface area contributed by atoms with Gasteiger partial charge in [-0.3, -0.25) is 0 Å². The Labute approximate surface area is 118 Å². The van der Waals surface area contributed by atoms with Gasteiger partial charge < -0.3 is 10.5 Å². The molecule has 0 aliphatic carbocycles. The van der Waals surface area contributed by atoms with Gasteiger partial charge in [-0.25, -0.2) is 0 Å². The van der Waals surface area contributed by atoms with Crippen molar-refractivity contribution in [2.45, 2.75) is 45.8 Å². The van der Waals surface area contributed by atoms with Gasteiger partial charge in [0.15, 0.2) is 0 Å². The van der Waals surface area contributed by atoms with Crippen LogP contribution in [-0.2, 0) is 12.6 Å². The van der Waals surface area contributed by atoms with Crippen LogP contribution in [0.3, 0.4) is 0 Å². The normalized spacial score (nSPS) is 14.9. The predicted octanol–water partition coefficient (Wildman–Crippen LogP) is 4.02.